The molecule has 1 aliphatic rings. The largest absolute Gasteiger partial charge is 0.286 e. The number of aliphatic imine (C=N–C) groups is 1. The van der Waals surface area contributed by atoms with Gasteiger partial charge in [0, 0.05) is 11.4 Å². The van der Waals surface area contributed by atoms with Crippen molar-refractivity contribution in [3.63, 3.8) is 0 Å². The summed E-state index contributed by atoms with van der Waals surface area (Å²) in [5.41, 5.74) is 3.39. The topological polar surface area (TPSA) is 28.0 Å². The molecule has 0 spiro atoms. The van der Waals surface area contributed by atoms with Crippen LogP contribution in [0.25, 0.3) is 0 Å². The molecule has 0 N–H and O–H groups in total. The van der Waals surface area contributed by atoms with Crippen LogP contribution in [0.1, 0.15) is 43.2 Å². The van der Waals surface area contributed by atoms with Gasteiger partial charge in [-0.05, 0) is 55.7 Å². The molecule has 1 fully saturated rings. The Morgan fingerprint density at radius 3 is 2.59 bits per heavy atom. The first-order valence-corrected chi connectivity index (χ1v) is 10.8. The maximum atomic E-state index is 4.86. The Morgan fingerprint density at radius 1 is 1.07 bits per heavy atom. The van der Waals surface area contributed by atoms with Crippen LogP contribution >= 0.6 is 11.8 Å². The van der Waals surface area contributed by atoms with E-state index < -0.39 is 0 Å². The monoisotopic (exact) mass is 379 g/mol. The maximum Gasteiger partial charge on any atom is 0.0861 e. The van der Waals surface area contributed by atoms with Crippen LogP contribution in [0.3, 0.4) is 0 Å². The third kappa shape index (κ3) is 5.96. The van der Waals surface area contributed by atoms with Gasteiger partial charge in [-0.3, -0.25) is 10.0 Å². The highest BCUT2D eigenvalue weighted by Crippen LogP contribution is 2.31. The molecular formula is C23H29N3S. The molecule has 2 aromatic rings. The molecule has 0 aliphatic heterocycles. The number of hydrogen-bond acceptors (Lipinski definition) is 4. The van der Waals surface area contributed by atoms with E-state index in [9.17, 15) is 0 Å². The Balaban J connectivity index is 1.70. The van der Waals surface area contributed by atoms with Crippen LogP contribution in [0, 0.1) is 12.8 Å². The predicted octanol–water partition coefficient (Wildman–Crippen LogP) is 6.29. The first kappa shape index (κ1) is 19.7. The first-order chi connectivity index (χ1) is 13.3. The molecule has 0 atom stereocenters. The minimum atomic E-state index is 0.751. The summed E-state index contributed by atoms with van der Waals surface area (Å²) < 4.78 is 0. The molecule has 0 amide bonds. The number of rotatable bonds is 8. The summed E-state index contributed by atoms with van der Waals surface area (Å²) in [6.07, 6.45) is 8.76. The number of hydrazone groups is 1. The van der Waals surface area contributed by atoms with Crippen molar-refractivity contribution in [2.75, 3.05) is 12.4 Å². The van der Waals surface area contributed by atoms with E-state index in [1.54, 1.807) is 11.8 Å². The first-order valence-electron chi connectivity index (χ1n) is 9.79. The molecule has 0 heterocycles. The number of para-hydroxylation sites is 1. The van der Waals surface area contributed by atoms with Crippen LogP contribution < -0.4 is 0 Å². The van der Waals surface area contributed by atoms with Gasteiger partial charge >= 0.3 is 0 Å². The third-order valence-electron chi connectivity index (χ3n) is 5.15. The van der Waals surface area contributed by atoms with Crippen LogP contribution in [0.15, 0.2) is 63.5 Å². The number of thioether (sulfide) groups is 1. The fraction of sp³-hybridized carbons (Fsp3) is 0.391. The van der Waals surface area contributed by atoms with Crippen molar-refractivity contribution >= 4 is 30.4 Å². The van der Waals surface area contributed by atoms with Crippen LogP contribution in [0.5, 0.6) is 0 Å². The van der Waals surface area contributed by atoms with Gasteiger partial charge < -0.3 is 0 Å². The molecule has 0 aromatic heterocycles. The van der Waals surface area contributed by atoms with Gasteiger partial charge in [0.1, 0.15) is 0 Å². The normalized spacial score (nSPS) is 15.1. The summed E-state index contributed by atoms with van der Waals surface area (Å²) in [4.78, 5) is 5.30. The molecule has 0 saturated heterocycles. The average Bonchev–Trinajstić information content (AvgIpc) is 2.72. The quantitative estimate of drug-likeness (QED) is 0.233. The van der Waals surface area contributed by atoms with E-state index in [0.29, 0.717) is 0 Å². The van der Waals surface area contributed by atoms with Crippen LogP contribution in [-0.2, 0) is 0 Å². The van der Waals surface area contributed by atoms with Crippen molar-refractivity contribution in [3.05, 3.63) is 59.7 Å². The molecule has 0 unspecified atom stereocenters. The Kier molecular flexibility index (Phi) is 7.52. The van der Waals surface area contributed by atoms with Crippen molar-refractivity contribution in [1.82, 2.24) is 5.01 Å². The van der Waals surface area contributed by atoms with Crippen LogP contribution in [0.2, 0.25) is 0 Å². The summed E-state index contributed by atoms with van der Waals surface area (Å²) in [6, 6.07) is 16.6. The highest BCUT2D eigenvalue weighted by molar-refractivity contribution is 7.99. The lowest BCUT2D eigenvalue weighted by Gasteiger charge is -2.27. The summed E-state index contributed by atoms with van der Waals surface area (Å²) in [6.45, 7) is 6.85. The SMILES string of the molecule is C=Nc1ccccc1SCN(CC1CCCCC1)/N=C/c1ccccc1C. The molecule has 0 radical (unpaired) electrons. The van der Waals surface area contributed by atoms with E-state index in [0.717, 1.165) is 28.9 Å². The van der Waals surface area contributed by atoms with Gasteiger partial charge in [-0.25, -0.2) is 0 Å². The minimum Gasteiger partial charge on any atom is -0.286 e. The van der Waals surface area contributed by atoms with E-state index in [1.165, 1.54) is 43.2 Å². The van der Waals surface area contributed by atoms with Gasteiger partial charge in [0.05, 0.1) is 17.8 Å². The van der Waals surface area contributed by atoms with Crippen molar-refractivity contribution < 1.29 is 0 Å². The highest BCUT2D eigenvalue weighted by atomic mass is 32.2. The van der Waals surface area contributed by atoms with E-state index in [2.05, 4.69) is 60.0 Å². The second-order valence-electron chi connectivity index (χ2n) is 7.19. The Morgan fingerprint density at radius 2 is 1.81 bits per heavy atom. The van der Waals surface area contributed by atoms with Gasteiger partial charge in [-0.2, -0.15) is 5.10 Å². The highest BCUT2D eigenvalue weighted by Gasteiger charge is 2.17. The number of aryl methyl sites for hydroxylation is 1. The zero-order valence-corrected chi connectivity index (χ0v) is 17.0. The Labute approximate surface area is 167 Å². The summed E-state index contributed by atoms with van der Waals surface area (Å²) in [5, 5.41) is 7.09. The zero-order valence-electron chi connectivity index (χ0n) is 16.2. The van der Waals surface area contributed by atoms with Gasteiger partial charge in [0.2, 0.25) is 0 Å². The zero-order chi connectivity index (χ0) is 18.9. The molecule has 1 saturated carbocycles. The average molecular weight is 380 g/mol. The number of benzene rings is 2. The maximum absolute atomic E-state index is 4.86. The lowest BCUT2D eigenvalue weighted by molar-refractivity contribution is 0.234. The molecule has 3 rings (SSSR count). The lowest BCUT2D eigenvalue weighted by atomic mass is 9.89. The van der Waals surface area contributed by atoms with Gasteiger partial charge in [0.25, 0.3) is 0 Å². The van der Waals surface area contributed by atoms with Gasteiger partial charge in [-0.1, -0.05) is 55.7 Å². The van der Waals surface area contributed by atoms with Gasteiger partial charge in [-0.15, -0.1) is 11.8 Å². The molecule has 142 valence electrons. The smallest absolute Gasteiger partial charge is 0.0861 e. The third-order valence-corrected chi connectivity index (χ3v) is 6.23. The van der Waals surface area contributed by atoms with Crippen LogP contribution in [0.4, 0.5) is 5.69 Å². The molecule has 3 nitrogen and oxygen atoms in total. The summed E-state index contributed by atoms with van der Waals surface area (Å²) in [5.74, 6) is 1.58. The van der Waals surface area contributed by atoms with E-state index in [4.69, 9.17) is 5.10 Å². The second-order valence-corrected chi connectivity index (χ2v) is 8.18. The molecule has 2 aromatic carbocycles. The lowest BCUT2D eigenvalue weighted by Crippen LogP contribution is -2.26. The molecular weight excluding hydrogens is 350 g/mol. The summed E-state index contributed by atoms with van der Waals surface area (Å²) in [7, 11) is 0. The second kappa shape index (κ2) is 10.3. The number of nitrogens with zero attached hydrogens (tertiary/aromatic N) is 3. The molecule has 4 heteroatoms. The van der Waals surface area contributed by atoms with Crippen molar-refractivity contribution in [2.45, 2.75) is 43.9 Å². The molecule has 0 bridgehead atoms. The fourth-order valence-electron chi connectivity index (χ4n) is 3.53. The standard InChI is InChI=1S/C23H29N3S/c1-19-10-6-7-13-21(19)16-25-26(17-20-11-4-3-5-12-20)18-27-23-15-9-8-14-22(23)24-2/h6-10,13-16,20H,2-5,11-12,17-18H2,1H3/b25-16+. The Hall–Kier alpha value is -2.07. The molecule has 1 aliphatic carbocycles. The van der Waals surface area contributed by atoms with Crippen molar-refractivity contribution in [3.8, 4) is 0 Å². The predicted molar refractivity (Wildman–Crippen MR) is 118 cm³/mol. The van der Waals surface area contributed by atoms with E-state index >= 15 is 0 Å². The van der Waals surface area contributed by atoms with E-state index in [1.807, 2.05) is 18.3 Å². The Bertz CT molecular complexity index is 766. The van der Waals surface area contributed by atoms with Crippen LogP contribution in [-0.4, -0.2) is 30.4 Å². The van der Waals surface area contributed by atoms with Crippen molar-refractivity contribution in [1.29, 1.82) is 0 Å². The van der Waals surface area contributed by atoms with E-state index in [-0.39, 0.29) is 0 Å². The van der Waals surface area contributed by atoms with Gasteiger partial charge in [0.15, 0.2) is 0 Å². The van der Waals surface area contributed by atoms with Crippen molar-refractivity contribution in [2.24, 2.45) is 16.0 Å². The number of hydrogen-bond donors (Lipinski definition) is 0. The minimum absolute atomic E-state index is 0.751. The fourth-order valence-corrected chi connectivity index (χ4v) is 4.45. The molecule has 27 heavy (non-hydrogen) atoms. The summed E-state index contributed by atoms with van der Waals surface area (Å²) >= 11 is 1.79.